The minimum atomic E-state index is -0.213. The molecule has 150 valence electrons. The Morgan fingerprint density at radius 2 is 1.83 bits per heavy atom. The maximum atomic E-state index is 9.49. The average Bonchev–Trinajstić information content (AvgIpc) is 2.98. The predicted octanol–water partition coefficient (Wildman–Crippen LogP) is 4.30. The molecule has 8 nitrogen and oxygen atoms in total. The molecule has 2 aromatic heterocycles. The number of benzene rings is 1. The lowest BCUT2D eigenvalue weighted by Gasteiger charge is -2.12. The molecule has 4 N–H and O–H groups in total. The Bertz CT molecular complexity index is 1110. The number of rotatable bonds is 3. The molecular weight excluding hydrogens is 368 g/mol. The highest BCUT2D eigenvalue weighted by atomic mass is 16.3. The number of H-pyrrole nitrogens is 1. The zero-order chi connectivity index (χ0) is 21.0. The Balaban J connectivity index is 0.00000117. The van der Waals surface area contributed by atoms with E-state index in [1.165, 1.54) is 18.3 Å². The monoisotopic (exact) mass is 392 g/mol. The van der Waals surface area contributed by atoms with E-state index < -0.39 is 0 Å². The SMILES string of the molecule is CC.CC1(C)C=Cc2[nH]c3nc(N/N=C/c4ccc(O)c(O)c4)nnc3c2C=C1. The van der Waals surface area contributed by atoms with Crippen molar-refractivity contribution in [3.63, 3.8) is 0 Å². The van der Waals surface area contributed by atoms with Crippen molar-refractivity contribution in [3.8, 4) is 11.5 Å². The minimum absolute atomic E-state index is 0.0219. The number of hydrogen-bond acceptors (Lipinski definition) is 7. The van der Waals surface area contributed by atoms with E-state index in [0.717, 1.165) is 11.3 Å². The molecule has 3 aromatic rings. The highest BCUT2D eigenvalue weighted by Gasteiger charge is 2.17. The maximum absolute atomic E-state index is 9.49. The second-order valence-corrected chi connectivity index (χ2v) is 6.89. The van der Waals surface area contributed by atoms with Gasteiger partial charge in [0.25, 0.3) is 5.95 Å². The van der Waals surface area contributed by atoms with Gasteiger partial charge in [0, 0.05) is 16.7 Å². The number of aromatic nitrogens is 4. The van der Waals surface area contributed by atoms with Gasteiger partial charge in [-0.05, 0) is 29.8 Å². The lowest BCUT2D eigenvalue weighted by Crippen LogP contribution is -2.00. The van der Waals surface area contributed by atoms with Crippen LogP contribution >= 0.6 is 0 Å². The number of hydrazone groups is 1. The number of nitrogens with one attached hydrogen (secondary N) is 2. The molecule has 0 atom stereocenters. The number of aromatic amines is 1. The minimum Gasteiger partial charge on any atom is -0.504 e. The highest BCUT2D eigenvalue weighted by molar-refractivity contribution is 5.89. The fraction of sp³-hybridized carbons (Fsp3) is 0.238. The summed E-state index contributed by atoms with van der Waals surface area (Å²) < 4.78 is 0. The van der Waals surface area contributed by atoms with Crippen LogP contribution in [-0.2, 0) is 0 Å². The molecule has 0 fully saturated rings. The maximum Gasteiger partial charge on any atom is 0.265 e. The normalized spacial score (nSPS) is 14.3. The van der Waals surface area contributed by atoms with Crippen LogP contribution in [0.25, 0.3) is 23.3 Å². The lowest BCUT2D eigenvalue weighted by molar-refractivity contribution is 0.403. The van der Waals surface area contributed by atoms with E-state index >= 15 is 0 Å². The van der Waals surface area contributed by atoms with Crippen molar-refractivity contribution < 1.29 is 10.2 Å². The highest BCUT2D eigenvalue weighted by Crippen LogP contribution is 2.30. The molecule has 4 rings (SSSR count). The van der Waals surface area contributed by atoms with E-state index in [4.69, 9.17) is 0 Å². The van der Waals surface area contributed by atoms with E-state index in [1.54, 1.807) is 6.07 Å². The standard InChI is InChI=1S/C19H18N6O2.C2H6/c1-19(2)7-5-12-13(6-8-19)21-17-16(12)23-25-18(22-17)24-20-10-11-3-4-14(26)15(27)9-11;1-2/h3-10,26-27H,1-2H3,(H2,21,22,24,25);1-2H3/b20-10+;. The number of hydrogen-bond donors (Lipinski definition) is 4. The van der Waals surface area contributed by atoms with Gasteiger partial charge in [-0.25, -0.2) is 5.43 Å². The smallest absolute Gasteiger partial charge is 0.265 e. The van der Waals surface area contributed by atoms with Gasteiger partial charge in [-0.2, -0.15) is 10.1 Å². The van der Waals surface area contributed by atoms with Gasteiger partial charge < -0.3 is 15.2 Å². The molecule has 1 aliphatic rings. The van der Waals surface area contributed by atoms with Crippen LogP contribution in [0.3, 0.4) is 0 Å². The second kappa shape index (κ2) is 8.14. The molecule has 0 bridgehead atoms. The number of phenolic OH excluding ortho intramolecular Hbond substituents is 2. The fourth-order valence-corrected chi connectivity index (χ4v) is 2.70. The molecule has 0 amide bonds. The number of fused-ring (bicyclic) bond motifs is 3. The molecule has 8 heteroatoms. The van der Waals surface area contributed by atoms with Crippen molar-refractivity contribution in [1.82, 2.24) is 20.2 Å². The Labute approximate surface area is 168 Å². The van der Waals surface area contributed by atoms with E-state index in [0.29, 0.717) is 16.7 Å². The number of nitrogens with zero attached hydrogens (tertiary/aromatic N) is 4. The van der Waals surface area contributed by atoms with E-state index in [1.807, 2.05) is 26.0 Å². The van der Waals surface area contributed by atoms with Crippen molar-refractivity contribution >= 4 is 35.5 Å². The van der Waals surface area contributed by atoms with E-state index in [2.05, 4.69) is 56.7 Å². The summed E-state index contributed by atoms with van der Waals surface area (Å²) in [5.74, 6) is -0.155. The Hall–Kier alpha value is -3.68. The third-order valence-corrected chi connectivity index (χ3v) is 4.22. The number of allylic oxidation sites excluding steroid dienone is 2. The van der Waals surface area contributed by atoms with Gasteiger partial charge in [0.1, 0.15) is 5.52 Å². The largest absolute Gasteiger partial charge is 0.504 e. The molecule has 0 saturated heterocycles. The fourth-order valence-electron chi connectivity index (χ4n) is 2.70. The Morgan fingerprint density at radius 3 is 2.59 bits per heavy atom. The van der Waals surface area contributed by atoms with Gasteiger partial charge >= 0.3 is 0 Å². The van der Waals surface area contributed by atoms with Crippen LogP contribution in [0.2, 0.25) is 0 Å². The van der Waals surface area contributed by atoms with Gasteiger partial charge in [0.15, 0.2) is 17.1 Å². The zero-order valence-electron chi connectivity index (χ0n) is 16.8. The molecule has 0 radical (unpaired) electrons. The summed E-state index contributed by atoms with van der Waals surface area (Å²) in [5, 5.41) is 31.1. The first-order valence-corrected chi connectivity index (χ1v) is 9.37. The first-order valence-electron chi connectivity index (χ1n) is 9.37. The molecule has 0 aliphatic heterocycles. The second-order valence-electron chi connectivity index (χ2n) is 6.89. The summed E-state index contributed by atoms with van der Waals surface area (Å²) in [5.41, 5.74) is 6.50. The lowest BCUT2D eigenvalue weighted by atomic mass is 9.93. The first kappa shape index (κ1) is 20.1. The number of anilines is 1. The van der Waals surface area contributed by atoms with E-state index in [9.17, 15) is 10.2 Å². The summed E-state index contributed by atoms with van der Waals surface area (Å²) >= 11 is 0. The van der Waals surface area contributed by atoms with Gasteiger partial charge in [0.05, 0.1) is 6.21 Å². The third-order valence-electron chi connectivity index (χ3n) is 4.22. The summed E-state index contributed by atoms with van der Waals surface area (Å²) in [6.07, 6.45) is 9.78. The average molecular weight is 392 g/mol. The summed E-state index contributed by atoms with van der Waals surface area (Å²) in [7, 11) is 0. The molecule has 0 saturated carbocycles. The van der Waals surface area contributed by atoms with Crippen LogP contribution in [-0.4, -0.2) is 36.6 Å². The molecule has 1 aliphatic carbocycles. The van der Waals surface area contributed by atoms with Crippen molar-refractivity contribution in [2.75, 3.05) is 5.43 Å². The van der Waals surface area contributed by atoms with Crippen LogP contribution in [0.1, 0.15) is 44.5 Å². The molecule has 0 unspecified atom stereocenters. The van der Waals surface area contributed by atoms with Crippen LogP contribution in [0.4, 0.5) is 5.95 Å². The van der Waals surface area contributed by atoms with Crippen molar-refractivity contribution in [2.45, 2.75) is 27.7 Å². The Kier molecular flexibility index (Phi) is 5.63. The molecule has 29 heavy (non-hydrogen) atoms. The van der Waals surface area contributed by atoms with Crippen LogP contribution in [0.5, 0.6) is 11.5 Å². The Morgan fingerprint density at radius 1 is 1.07 bits per heavy atom. The van der Waals surface area contributed by atoms with Crippen molar-refractivity contribution in [2.24, 2.45) is 10.5 Å². The van der Waals surface area contributed by atoms with Crippen LogP contribution < -0.4 is 5.43 Å². The predicted molar refractivity (Wildman–Crippen MR) is 116 cm³/mol. The van der Waals surface area contributed by atoms with Crippen molar-refractivity contribution in [3.05, 3.63) is 47.2 Å². The topological polar surface area (TPSA) is 119 Å². The van der Waals surface area contributed by atoms with Crippen LogP contribution in [0.15, 0.2) is 35.5 Å². The van der Waals surface area contributed by atoms with Gasteiger partial charge in [-0.15, -0.1) is 10.2 Å². The number of aromatic hydroxyl groups is 2. The van der Waals surface area contributed by atoms with E-state index in [-0.39, 0.29) is 22.9 Å². The molecule has 2 heterocycles. The quantitative estimate of drug-likeness (QED) is 0.300. The summed E-state index contributed by atoms with van der Waals surface area (Å²) in [6, 6.07) is 4.39. The number of phenols is 2. The third kappa shape index (κ3) is 4.43. The van der Waals surface area contributed by atoms with Crippen LogP contribution in [0, 0.1) is 5.41 Å². The molecule has 0 spiro atoms. The molecular formula is C21H24N6O2. The zero-order valence-corrected chi connectivity index (χ0v) is 16.8. The summed E-state index contributed by atoms with van der Waals surface area (Å²) in [6.45, 7) is 8.26. The van der Waals surface area contributed by atoms with Gasteiger partial charge in [-0.3, -0.25) is 0 Å². The molecule has 1 aromatic carbocycles. The first-order chi connectivity index (χ1) is 13.9. The van der Waals surface area contributed by atoms with Gasteiger partial charge in [-0.1, -0.05) is 45.9 Å². The van der Waals surface area contributed by atoms with Crippen molar-refractivity contribution in [1.29, 1.82) is 0 Å². The van der Waals surface area contributed by atoms with Gasteiger partial charge in [0.2, 0.25) is 0 Å². The summed E-state index contributed by atoms with van der Waals surface area (Å²) in [4.78, 5) is 7.65.